The molecular formula is C16H22FN3O4. The minimum atomic E-state index is -0.799. The lowest BCUT2D eigenvalue weighted by Crippen LogP contribution is -2.48. The number of carbonyl (C=O) groups is 1. The number of hydrogen-bond acceptors (Lipinski definition) is 5. The number of nitrogens with zero attached hydrogens (tertiary/aromatic N) is 2. The van der Waals surface area contributed by atoms with E-state index in [0.717, 1.165) is 12.8 Å². The van der Waals surface area contributed by atoms with Crippen LogP contribution in [0.15, 0.2) is 18.2 Å². The van der Waals surface area contributed by atoms with E-state index in [9.17, 15) is 24.4 Å². The van der Waals surface area contributed by atoms with Crippen LogP contribution in [0.25, 0.3) is 0 Å². The molecular weight excluding hydrogens is 317 g/mol. The van der Waals surface area contributed by atoms with Gasteiger partial charge in [0.2, 0.25) is 5.91 Å². The van der Waals surface area contributed by atoms with Crippen molar-refractivity contribution < 1.29 is 19.2 Å². The first-order valence-electron chi connectivity index (χ1n) is 7.99. The van der Waals surface area contributed by atoms with Crippen molar-refractivity contribution in [3.05, 3.63) is 33.9 Å². The van der Waals surface area contributed by atoms with Crippen molar-refractivity contribution >= 4 is 11.6 Å². The standard InChI is InChI=1S/C16H22FN3O4/c17-6-3-11-4-7-19(8-5-11)16(22)13(18)9-12-1-2-15(21)14(10-12)20(23)24/h1-2,10-11,13,21H,3-9,18H2/t13-/m0/s1. The second-order valence-electron chi connectivity index (χ2n) is 6.14. The van der Waals surface area contributed by atoms with Crippen LogP contribution < -0.4 is 5.73 Å². The molecule has 0 radical (unpaired) electrons. The maximum Gasteiger partial charge on any atom is 0.310 e. The Morgan fingerprint density at radius 3 is 2.71 bits per heavy atom. The lowest BCUT2D eigenvalue weighted by atomic mass is 9.93. The summed E-state index contributed by atoms with van der Waals surface area (Å²) in [5, 5.41) is 20.3. The van der Waals surface area contributed by atoms with Crippen LogP contribution in [0.5, 0.6) is 5.75 Å². The van der Waals surface area contributed by atoms with Gasteiger partial charge in [0.05, 0.1) is 17.6 Å². The smallest absolute Gasteiger partial charge is 0.310 e. The van der Waals surface area contributed by atoms with Crippen LogP contribution in [0.3, 0.4) is 0 Å². The Kier molecular flexibility index (Phi) is 6.08. The highest BCUT2D eigenvalue weighted by Crippen LogP contribution is 2.27. The fourth-order valence-corrected chi connectivity index (χ4v) is 3.01. The van der Waals surface area contributed by atoms with E-state index in [1.54, 1.807) is 4.90 Å². The molecule has 0 spiro atoms. The predicted molar refractivity (Wildman–Crippen MR) is 86.3 cm³/mol. The van der Waals surface area contributed by atoms with Crippen molar-refractivity contribution in [2.75, 3.05) is 19.8 Å². The zero-order valence-electron chi connectivity index (χ0n) is 13.4. The number of halogens is 1. The van der Waals surface area contributed by atoms with E-state index in [0.29, 0.717) is 31.0 Å². The number of alkyl halides is 1. The number of amides is 1. The molecule has 3 N–H and O–H groups in total. The Balaban J connectivity index is 1.95. The van der Waals surface area contributed by atoms with Crippen molar-refractivity contribution in [1.82, 2.24) is 4.90 Å². The molecule has 24 heavy (non-hydrogen) atoms. The van der Waals surface area contributed by atoms with E-state index in [-0.39, 0.29) is 19.0 Å². The van der Waals surface area contributed by atoms with Crippen LogP contribution in [-0.2, 0) is 11.2 Å². The van der Waals surface area contributed by atoms with Gasteiger partial charge < -0.3 is 15.7 Å². The first-order chi connectivity index (χ1) is 11.4. The molecule has 0 bridgehead atoms. The maximum atomic E-state index is 12.4. The Morgan fingerprint density at radius 1 is 1.46 bits per heavy atom. The first-order valence-corrected chi connectivity index (χ1v) is 7.99. The van der Waals surface area contributed by atoms with Gasteiger partial charge in [-0.1, -0.05) is 6.07 Å². The second-order valence-corrected chi connectivity index (χ2v) is 6.14. The van der Waals surface area contributed by atoms with Crippen molar-refractivity contribution in [1.29, 1.82) is 0 Å². The van der Waals surface area contributed by atoms with Gasteiger partial charge in [-0.15, -0.1) is 0 Å². The largest absolute Gasteiger partial charge is 0.502 e. The molecule has 0 saturated carbocycles. The zero-order chi connectivity index (χ0) is 17.7. The molecule has 8 heteroatoms. The lowest BCUT2D eigenvalue weighted by molar-refractivity contribution is -0.385. The van der Waals surface area contributed by atoms with Gasteiger partial charge in [0.1, 0.15) is 0 Å². The molecule has 1 amide bonds. The third-order valence-corrected chi connectivity index (χ3v) is 4.45. The summed E-state index contributed by atoms with van der Waals surface area (Å²) in [6.07, 6.45) is 2.23. The molecule has 1 saturated heterocycles. The van der Waals surface area contributed by atoms with E-state index in [1.165, 1.54) is 18.2 Å². The average molecular weight is 339 g/mol. The predicted octanol–water partition coefficient (Wildman–Crippen LogP) is 1.77. The number of nitrogens with two attached hydrogens (primary N) is 1. The van der Waals surface area contributed by atoms with Crippen LogP contribution in [0.4, 0.5) is 10.1 Å². The highest BCUT2D eigenvalue weighted by atomic mass is 19.1. The fourth-order valence-electron chi connectivity index (χ4n) is 3.01. The normalized spacial score (nSPS) is 16.8. The van der Waals surface area contributed by atoms with Crippen molar-refractivity contribution in [3.63, 3.8) is 0 Å². The molecule has 1 atom stereocenters. The number of hydrogen-bond donors (Lipinski definition) is 2. The van der Waals surface area contributed by atoms with Gasteiger partial charge in [0.15, 0.2) is 5.75 Å². The van der Waals surface area contributed by atoms with E-state index in [4.69, 9.17) is 5.73 Å². The van der Waals surface area contributed by atoms with Crippen LogP contribution in [0.2, 0.25) is 0 Å². The van der Waals surface area contributed by atoms with Gasteiger partial charge in [-0.25, -0.2) is 0 Å². The molecule has 7 nitrogen and oxygen atoms in total. The molecule has 132 valence electrons. The minimum absolute atomic E-state index is 0.157. The van der Waals surface area contributed by atoms with Gasteiger partial charge in [-0.3, -0.25) is 19.3 Å². The molecule has 2 rings (SSSR count). The molecule has 1 aromatic carbocycles. The molecule has 1 heterocycles. The number of nitro groups is 1. The SMILES string of the molecule is N[C@@H](Cc1ccc(O)c([N+](=O)[O-])c1)C(=O)N1CCC(CCF)CC1. The molecule has 1 aliphatic rings. The van der Waals surface area contributed by atoms with Crippen LogP contribution in [-0.4, -0.2) is 46.6 Å². The number of likely N-dealkylation sites (tertiary alicyclic amines) is 1. The quantitative estimate of drug-likeness (QED) is 0.606. The molecule has 0 unspecified atom stereocenters. The third-order valence-electron chi connectivity index (χ3n) is 4.45. The summed E-state index contributed by atoms with van der Waals surface area (Å²) in [5.41, 5.74) is 6.07. The topological polar surface area (TPSA) is 110 Å². The Labute approximate surface area is 139 Å². The summed E-state index contributed by atoms with van der Waals surface area (Å²) in [6.45, 7) is 0.789. The monoisotopic (exact) mass is 339 g/mol. The van der Waals surface area contributed by atoms with Gasteiger partial charge >= 0.3 is 5.69 Å². The first kappa shape index (κ1) is 18.1. The summed E-state index contributed by atoms with van der Waals surface area (Å²) in [6, 6.07) is 3.18. The minimum Gasteiger partial charge on any atom is -0.502 e. The summed E-state index contributed by atoms with van der Waals surface area (Å²) in [4.78, 5) is 24.2. The van der Waals surface area contributed by atoms with Crippen molar-refractivity contribution in [2.45, 2.75) is 31.7 Å². The van der Waals surface area contributed by atoms with E-state index in [2.05, 4.69) is 0 Å². The molecule has 1 aliphatic heterocycles. The third kappa shape index (κ3) is 4.41. The number of piperidine rings is 1. The molecule has 0 aromatic heterocycles. The molecule has 1 fully saturated rings. The van der Waals surface area contributed by atoms with Gasteiger partial charge in [-0.2, -0.15) is 0 Å². The highest BCUT2D eigenvalue weighted by Gasteiger charge is 2.26. The number of nitro benzene ring substituents is 1. The average Bonchev–Trinajstić information content (AvgIpc) is 2.56. The number of rotatable bonds is 6. The number of carbonyl (C=O) groups excluding carboxylic acids is 1. The van der Waals surface area contributed by atoms with Crippen LogP contribution in [0, 0.1) is 16.0 Å². The number of phenols is 1. The van der Waals surface area contributed by atoms with Gasteiger partial charge in [-0.05, 0) is 43.2 Å². The van der Waals surface area contributed by atoms with Crippen molar-refractivity contribution in [3.8, 4) is 5.75 Å². The molecule has 1 aromatic rings. The maximum absolute atomic E-state index is 12.4. The van der Waals surface area contributed by atoms with E-state index in [1.807, 2.05) is 0 Å². The number of phenolic OH excluding ortho intramolecular Hbond substituents is 1. The zero-order valence-corrected chi connectivity index (χ0v) is 13.4. The summed E-state index contributed by atoms with van der Waals surface area (Å²) in [7, 11) is 0. The lowest BCUT2D eigenvalue weighted by Gasteiger charge is -2.33. The Morgan fingerprint density at radius 2 is 2.12 bits per heavy atom. The van der Waals surface area contributed by atoms with E-state index >= 15 is 0 Å². The Hall–Kier alpha value is -2.22. The second kappa shape index (κ2) is 8.05. The summed E-state index contributed by atoms with van der Waals surface area (Å²) < 4.78 is 12.4. The number of aromatic hydroxyl groups is 1. The van der Waals surface area contributed by atoms with Crippen molar-refractivity contribution in [2.24, 2.45) is 11.7 Å². The Bertz CT molecular complexity index is 603. The molecule has 0 aliphatic carbocycles. The van der Waals surface area contributed by atoms with Crippen LogP contribution in [0.1, 0.15) is 24.8 Å². The van der Waals surface area contributed by atoms with E-state index < -0.39 is 22.4 Å². The summed E-state index contributed by atoms with van der Waals surface area (Å²) in [5.74, 6) is -0.307. The number of benzene rings is 1. The summed E-state index contributed by atoms with van der Waals surface area (Å²) >= 11 is 0. The highest BCUT2D eigenvalue weighted by molar-refractivity contribution is 5.82. The van der Waals surface area contributed by atoms with Crippen LogP contribution >= 0.6 is 0 Å². The van der Waals surface area contributed by atoms with Gasteiger partial charge in [0, 0.05) is 19.2 Å². The van der Waals surface area contributed by atoms with Gasteiger partial charge in [0.25, 0.3) is 0 Å². The fraction of sp³-hybridized carbons (Fsp3) is 0.562.